The maximum absolute atomic E-state index is 11.5. The van der Waals surface area contributed by atoms with Crippen LogP contribution in [-0.2, 0) is 0 Å². The third-order valence-electron chi connectivity index (χ3n) is 1.84. The summed E-state index contributed by atoms with van der Waals surface area (Å²) in [4.78, 5) is 11.5. The van der Waals surface area contributed by atoms with Crippen molar-refractivity contribution in [3.05, 3.63) is 23.8 Å². The van der Waals surface area contributed by atoms with Crippen LogP contribution in [0.1, 0.15) is 24.2 Å². The van der Waals surface area contributed by atoms with Gasteiger partial charge in [-0.15, -0.1) is 0 Å². The summed E-state index contributed by atoms with van der Waals surface area (Å²) in [6.07, 6.45) is 0. The van der Waals surface area contributed by atoms with Crippen molar-refractivity contribution < 1.29 is 9.53 Å². The van der Waals surface area contributed by atoms with Crippen molar-refractivity contribution in [3.63, 3.8) is 0 Å². The van der Waals surface area contributed by atoms with Gasteiger partial charge in [-0.1, -0.05) is 19.9 Å². The van der Waals surface area contributed by atoms with Crippen LogP contribution in [0.5, 0.6) is 5.75 Å². The Morgan fingerprint density at radius 3 is 2.38 bits per heavy atom. The van der Waals surface area contributed by atoms with E-state index < -0.39 is 0 Å². The Hall–Kier alpha value is -1.75. The highest BCUT2D eigenvalue weighted by Crippen LogP contribution is 2.24. The normalized spacial score (nSPS) is 8.81. The van der Waals surface area contributed by atoms with Crippen LogP contribution in [0, 0.1) is 0 Å². The van der Waals surface area contributed by atoms with Gasteiger partial charge in [-0.3, -0.25) is 9.80 Å². The number of carbonyl (C=O) groups is 1. The van der Waals surface area contributed by atoms with E-state index in [2.05, 4.69) is 0 Å². The van der Waals surface area contributed by atoms with Crippen molar-refractivity contribution in [2.45, 2.75) is 13.8 Å². The van der Waals surface area contributed by atoms with Crippen LogP contribution in [0.2, 0.25) is 0 Å². The Balaban J connectivity index is 0.00000106. The van der Waals surface area contributed by atoms with E-state index in [4.69, 9.17) is 16.3 Å². The van der Waals surface area contributed by atoms with Crippen molar-refractivity contribution in [2.75, 3.05) is 19.9 Å². The number of methoxy groups -OCH3 is 1. The van der Waals surface area contributed by atoms with Gasteiger partial charge in [0.25, 0.3) is 5.91 Å². The fraction of sp³-hybridized carbons (Fsp3) is 0.364. The first-order valence-electron chi connectivity index (χ1n) is 5.03. The Kier molecular flexibility index (Phi) is 5.95. The molecule has 0 aliphatic heterocycles. The number of amides is 1. The topological polar surface area (TPSA) is 81.6 Å². The van der Waals surface area contributed by atoms with Gasteiger partial charge in [-0.25, -0.2) is 5.84 Å². The summed E-state index contributed by atoms with van der Waals surface area (Å²) in [5.74, 6) is 5.44. The monoisotopic (exact) mass is 225 g/mol. The number of nitrogens with two attached hydrogens (primary N) is 2. The van der Waals surface area contributed by atoms with E-state index in [0.717, 1.165) is 5.01 Å². The number of carbonyl (C=O) groups excluding carboxylic acids is 1. The number of para-hydroxylation sites is 1. The summed E-state index contributed by atoms with van der Waals surface area (Å²) in [5.41, 5.74) is 6.35. The highest BCUT2D eigenvalue weighted by Gasteiger charge is 2.14. The van der Waals surface area contributed by atoms with E-state index in [0.29, 0.717) is 17.0 Å². The molecule has 0 saturated heterocycles. The van der Waals surface area contributed by atoms with Crippen molar-refractivity contribution in [2.24, 2.45) is 5.84 Å². The average molecular weight is 225 g/mol. The van der Waals surface area contributed by atoms with Gasteiger partial charge in [-0.05, 0) is 12.1 Å². The van der Waals surface area contributed by atoms with Crippen LogP contribution in [0.3, 0.4) is 0 Å². The first kappa shape index (κ1) is 14.2. The summed E-state index contributed by atoms with van der Waals surface area (Å²) >= 11 is 0. The number of hydrazine groups is 1. The lowest BCUT2D eigenvalue weighted by Gasteiger charge is -2.13. The zero-order valence-electron chi connectivity index (χ0n) is 10.2. The molecule has 90 valence electrons. The second-order valence-electron chi connectivity index (χ2n) is 2.84. The van der Waals surface area contributed by atoms with Crippen LogP contribution in [0.25, 0.3) is 0 Å². The molecule has 5 nitrogen and oxygen atoms in total. The van der Waals surface area contributed by atoms with Gasteiger partial charge in [0.2, 0.25) is 0 Å². The Morgan fingerprint density at radius 1 is 1.38 bits per heavy atom. The van der Waals surface area contributed by atoms with E-state index in [1.54, 1.807) is 18.2 Å². The fourth-order valence-electron chi connectivity index (χ4n) is 1.10. The lowest BCUT2D eigenvalue weighted by atomic mass is 10.1. The summed E-state index contributed by atoms with van der Waals surface area (Å²) in [6, 6.07) is 4.97. The van der Waals surface area contributed by atoms with Gasteiger partial charge in [0.15, 0.2) is 0 Å². The molecular formula is C11H19N3O2. The van der Waals surface area contributed by atoms with Crippen LogP contribution in [0.15, 0.2) is 18.2 Å². The van der Waals surface area contributed by atoms with E-state index >= 15 is 0 Å². The van der Waals surface area contributed by atoms with Crippen LogP contribution >= 0.6 is 0 Å². The second-order valence-corrected chi connectivity index (χ2v) is 2.84. The number of nitrogen functional groups attached to an aromatic ring is 1. The number of ether oxygens (including phenoxy) is 1. The Morgan fingerprint density at radius 2 is 1.94 bits per heavy atom. The van der Waals surface area contributed by atoms with Crippen molar-refractivity contribution >= 4 is 11.6 Å². The molecule has 1 aromatic rings. The van der Waals surface area contributed by atoms with E-state index in [1.807, 2.05) is 13.8 Å². The Labute approximate surface area is 95.9 Å². The molecule has 0 aliphatic carbocycles. The maximum atomic E-state index is 11.5. The molecule has 1 amide bonds. The summed E-state index contributed by atoms with van der Waals surface area (Å²) < 4.78 is 4.98. The first-order valence-corrected chi connectivity index (χ1v) is 5.03. The molecule has 1 rings (SSSR count). The molecule has 0 radical (unpaired) electrons. The maximum Gasteiger partial charge on any atom is 0.269 e. The predicted octanol–water partition coefficient (Wildman–Crippen LogP) is 1.25. The van der Waals surface area contributed by atoms with Gasteiger partial charge in [0.05, 0.1) is 18.4 Å². The molecule has 0 saturated carbocycles. The van der Waals surface area contributed by atoms with Gasteiger partial charge in [0, 0.05) is 7.05 Å². The molecule has 1 aromatic carbocycles. The minimum absolute atomic E-state index is 0.303. The quantitative estimate of drug-likeness (QED) is 0.343. The summed E-state index contributed by atoms with van der Waals surface area (Å²) in [5, 5.41) is 0.977. The van der Waals surface area contributed by atoms with Gasteiger partial charge in [0.1, 0.15) is 5.75 Å². The molecule has 0 unspecified atom stereocenters. The largest absolute Gasteiger partial charge is 0.495 e. The van der Waals surface area contributed by atoms with Crippen LogP contribution in [-0.4, -0.2) is 25.1 Å². The van der Waals surface area contributed by atoms with Gasteiger partial charge < -0.3 is 10.5 Å². The number of hydrogen-bond donors (Lipinski definition) is 2. The van der Waals surface area contributed by atoms with E-state index in [-0.39, 0.29) is 5.91 Å². The molecule has 16 heavy (non-hydrogen) atoms. The standard InChI is InChI=1S/C9H13N3O2.C2H6/c1-12(11)9(13)6-4-3-5-7(14-2)8(6)10;1-2/h3-5H,10-11H2,1-2H3;1-2H3. The van der Waals surface area contributed by atoms with Crippen molar-refractivity contribution in [3.8, 4) is 5.75 Å². The van der Waals surface area contributed by atoms with Crippen LogP contribution in [0.4, 0.5) is 5.69 Å². The summed E-state index contributed by atoms with van der Waals surface area (Å²) in [6.45, 7) is 4.00. The predicted molar refractivity (Wildman–Crippen MR) is 65.0 cm³/mol. The highest BCUT2D eigenvalue weighted by atomic mass is 16.5. The molecule has 5 heteroatoms. The lowest BCUT2D eigenvalue weighted by Crippen LogP contribution is -2.33. The molecular weight excluding hydrogens is 206 g/mol. The van der Waals surface area contributed by atoms with Crippen molar-refractivity contribution in [1.82, 2.24) is 5.01 Å². The number of anilines is 1. The van der Waals surface area contributed by atoms with Crippen molar-refractivity contribution in [1.29, 1.82) is 0 Å². The Bertz CT molecular complexity index is 351. The molecule has 0 fully saturated rings. The number of nitrogens with zero attached hydrogens (tertiary/aromatic N) is 1. The minimum atomic E-state index is -0.346. The molecule has 0 spiro atoms. The van der Waals surface area contributed by atoms with Crippen LogP contribution < -0.4 is 16.3 Å². The van der Waals surface area contributed by atoms with E-state index in [9.17, 15) is 4.79 Å². The van der Waals surface area contributed by atoms with E-state index in [1.165, 1.54) is 14.2 Å². The fourth-order valence-corrected chi connectivity index (χ4v) is 1.10. The number of benzene rings is 1. The number of hydrogen-bond acceptors (Lipinski definition) is 4. The summed E-state index contributed by atoms with van der Waals surface area (Å²) in [7, 11) is 2.95. The SMILES string of the molecule is CC.COc1cccc(C(=O)N(C)N)c1N. The number of rotatable bonds is 2. The second kappa shape index (κ2) is 6.68. The molecule has 0 atom stereocenters. The first-order chi connectivity index (χ1) is 7.57. The molecule has 4 N–H and O–H groups in total. The molecule has 0 aromatic heterocycles. The zero-order valence-corrected chi connectivity index (χ0v) is 10.2. The molecule has 0 heterocycles. The zero-order chi connectivity index (χ0) is 12.7. The molecule has 0 aliphatic rings. The smallest absolute Gasteiger partial charge is 0.269 e. The third-order valence-corrected chi connectivity index (χ3v) is 1.84. The van der Waals surface area contributed by atoms with Gasteiger partial charge >= 0.3 is 0 Å². The van der Waals surface area contributed by atoms with Gasteiger partial charge in [-0.2, -0.15) is 0 Å². The minimum Gasteiger partial charge on any atom is -0.495 e. The lowest BCUT2D eigenvalue weighted by molar-refractivity contribution is 0.0796. The highest BCUT2D eigenvalue weighted by molar-refractivity contribution is 5.99. The molecule has 0 bridgehead atoms. The third kappa shape index (κ3) is 3.13. The average Bonchev–Trinajstić information content (AvgIpc) is 2.31.